The predicted octanol–water partition coefficient (Wildman–Crippen LogP) is 2.56. The molecule has 1 saturated heterocycles. The van der Waals surface area contributed by atoms with Gasteiger partial charge < -0.3 is 10.2 Å². The molecule has 4 nitrogen and oxygen atoms in total. The molecule has 0 radical (unpaired) electrons. The maximum Gasteiger partial charge on any atom is 0.224 e. The summed E-state index contributed by atoms with van der Waals surface area (Å²) in [5.41, 5.74) is 1.42. The summed E-state index contributed by atoms with van der Waals surface area (Å²) in [6, 6.07) is 7.04. The summed E-state index contributed by atoms with van der Waals surface area (Å²) in [4.78, 5) is 25.5. The van der Waals surface area contributed by atoms with Crippen molar-refractivity contribution in [3.05, 3.63) is 29.8 Å². The third-order valence-corrected chi connectivity index (χ3v) is 3.77. The molecule has 20 heavy (non-hydrogen) atoms. The minimum absolute atomic E-state index is 0.0353. The second-order valence-corrected chi connectivity index (χ2v) is 5.66. The lowest BCUT2D eigenvalue weighted by molar-refractivity contribution is -0.117. The van der Waals surface area contributed by atoms with Gasteiger partial charge in [-0.3, -0.25) is 9.59 Å². The summed E-state index contributed by atoms with van der Waals surface area (Å²) in [7, 11) is 2.10. The van der Waals surface area contributed by atoms with E-state index in [9.17, 15) is 9.59 Å². The molecule has 4 heteroatoms. The van der Waals surface area contributed by atoms with Crippen molar-refractivity contribution in [2.45, 2.75) is 26.2 Å². The van der Waals surface area contributed by atoms with Gasteiger partial charge in [-0.15, -0.1) is 0 Å². The largest absolute Gasteiger partial charge is 0.326 e. The highest BCUT2D eigenvalue weighted by molar-refractivity contribution is 5.95. The summed E-state index contributed by atoms with van der Waals surface area (Å²) in [5.74, 6) is 0.541. The first-order valence-corrected chi connectivity index (χ1v) is 7.14. The molecule has 1 heterocycles. The first kappa shape index (κ1) is 14.7. The van der Waals surface area contributed by atoms with Gasteiger partial charge in [0.2, 0.25) is 5.91 Å². The van der Waals surface area contributed by atoms with Crippen LogP contribution in [0, 0.1) is 5.92 Å². The molecule has 1 aliphatic heterocycles. The molecule has 1 atom stereocenters. The van der Waals surface area contributed by atoms with Crippen LogP contribution in [0.25, 0.3) is 0 Å². The van der Waals surface area contributed by atoms with Crippen LogP contribution < -0.4 is 5.32 Å². The summed E-state index contributed by atoms with van der Waals surface area (Å²) >= 11 is 0. The van der Waals surface area contributed by atoms with Crippen molar-refractivity contribution in [1.29, 1.82) is 0 Å². The Morgan fingerprint density at radius 2 is 2.00 bits per heavy atom. The first-order chi connectivity index (χ1) is 9.54. The Morgan fingerprint density at radius 1 is 1.30 bits per heavy atom. The Labute approximate surface area is 120 Å². The number of ketones is 1. The van der Waals surface area contributed by atoms with Crippen molar-refractivity contribution in [3.8, 4) is 0 Å². The first-order valence-electron chi connectivity index (χ1n) is 7.14. The number of hydrogen-bond donors (Lipinski definition) is 1. The number of carbonyl (C=O) groups excluding carboxylic acids is 2. The molecule has 0 spiro atoms. The third kappa shape index (κ3) is 4.17. The monoisotopic (exact) mass is 274 g/mol. The maximum atomic E-state index is 12.0. The van der Waals surface area contributed by atoms with Gasteiger partial charge in [0.25, 0.3) is 0 Å². The van der Waals surface area contributed by atoms with Crippen molar-refractivity contribution in [3.63, 3.8) is 0 Å². The van der Waals surface area contributed by atoms with E-state index in [1.807, 2.05) is 0 Å². The number of benzene rings is 1. The van der Waals surface area contributed by atoms with Crippen LogP contribution in [0.3, 0.4) is 0 Å². The Kier molecular flexibility index (Phi) is 4.90. The molecule has 1 unspecified atom stereocenters. The molecule has 1 aromatic rings. The van der Waals surface area contributed by atoms with Gasteiger partial charge in [0, 0.05) is 24.2 Å². The molecule has 108 valence electrons. The number of anilines is 1. The highest BCUT2D eigenvalue weighted by Crippen LogP contribution is 2.19. The van der Waals surface area contributed by atoms with Crippen LogP contribution in [-0.4, -0.2) is 36.7 Å². The van der Waals surface area contributed by atoms with Crippen LogP contribution in [0.4, 0.5) is 5.69 Å². The van der Waals surface area contributed by atoms with Gasteiger partial charge in [0.1, 0.15) is 0 Å². The van der Waals surface area contributed by atoms with Crippen molar-refractivity contribution in [2.75, 3.05) is 25.5 Å². The highest BCUT2D eigenvalue weighted by Gasteiger charge is 2.19. The minimum atomic E-state index is 0.0353. The molecule has 1 aromatic carbocycles. The Bertz CT molecular complexity index is 482. The number of likely N-dealkylation sites (tertiary alicyclic amines) is 1. The fourth-order valence-electron chi connectivity index (χ4n) is 2.70. The molecule has 0 aromatic heterocycles. The van der Waals surface area contributed by atoms with Crippen molar-refractivity contribution < 1.29 is 9.59 Å². The van der Waals surface area contributed by atoms with Gasteiger partial charge in [0.15, 0.2) is 5.78 Å². The normalized spacial score (nSPS) is 19.6. The van der Waals surface area contributed by atoms with Crippen molar-refractivity contribution in [2.24, 2.45) is 5.92 Å². The maximum absolute atomic E-state index is 12.0. The van der Waals surface area contributed by atoms with Crippen LogP contribution in [0.5, 0.6) is 0 Å². The number of carbonyl (C=O) groups is 2. The van der Waals surface area contributed by atoms with Gasteiger partial charge >= 0.3 is 0 Å². The zero-order valence-corrected chi connectivity index (χ0v) is 12.2. The molecular weight excluding hydrogens is 252 g/mol. The average Bonchev–Trinajstić information content (AvgIpc) is 2.39. The quantitative estimate of drug-likeness (QED) is 0.858. The Balaban J connectivity index is 1.86. The van der Waals surface area contributed by atoms with E-state index >= 15 is 0 Å². The van der Waals surface area contributed by atoms with Crippen LogP contribution in [0.2, 0.25) is 0 Å². The van der Waals surface area contributed by atoms with Gasteiger partial charge in [-0.1, -0.05) is 0 Å². The molecule has 2 rings (SSSR count). The van der Waals surface area contributed by atoms with E-state index < -0.39 is 0 Å². The Morgan fingerprint density at radius 3 is 2.60 bits per heavy atom. The smallest absolute Gasteiger partial charge is 0.224 e. The summed E-state index contributed by atoms with van der Waals surface area (Å²) in [6.07, 6.45) is 2.86. The van der Waals surface area contributed by atoms with E-state index in [2.05, 4.69) is 17.3 Å². The molecule has 1 aliphatic rings. The molecular formula is C16H22N2O2. The second kappa shape index (κ2) is 6.66. The summed E-state index contributed by atoms with van der Waals surface area (Å²) in [6.45, 7) is 3.66. The van der Waals surface area contributed by atoms with E-state index in [4.69, 9.17) is 0 Å². The van der Waals surface area contributed by atoms with Crippen molar-refractivity contribution in [1.82, 2.24) is 4.90 Å². The fourth-order valence-corrected chi connectivity index (χ4v) is 2.70. The number of nitrogens with zero attached hydrogens (tertiary/aromatic N) is 1. The zero-order chi connectivity index (χ0) is 14.5. The van der Waals surface area contributed by atoms with E-state index in [0.717, 1.165) is 25.2 Å². The van der Waals surface area contributed by atoms with Crippen LogP contribution in [0.15, 0.2) is 24.3 Å². The molecule has 1 N–H and O–H groups in total. The van der Waals surface area contributed by atoms with Gasteiger partial charge in [-0.05, 0) is 63.5 Å². The summed E-state index contributed by atoms with van der Waals surface area (Å²) in [5, 5.41) is 2.90. The minimum Gasteiger partial charge on any atom is -0.326 e. The number of rotatable bonds is 4. The summed E-state index contributed by atoms with van der Waals surface area (Å²) < 4.78 is 0. The average molecular weight is 274 g/mol. The van der Waals surface area contributed by atoms with Crippen molar-refractivity contribution >= 4 is 17.4 Å². The number of Topliss-reactive ketones (excluding diaryl/α,β-unsaturated/α-hetero) is 1. The fraction of sp³-hybridized carbons (Fsp3) is 0.500. The second-order valence-electron chi connectivity index (χ2n) is 5.66. The third-order valence-electron chi connectivity index (χ3n) is 3.77. The highest BCUT2D eigenvalue weighted by atomic mass is 16.1. The number of nitrogens with one attached hydrogen (secondary N) is 1. The van der Waals surface area contributed by atoms with Gasteiger partial charge in [-0.2, -0.15) is 0 Å². The van der Waals surface area contributed by atoms with Crippen LogP contribution >= 0.6 is 0 Å². The zero-order valence-electron chi connectivity index (χ0n) is 12.2. The van der Waals surface area contributed by atoms with Gasteiger partial charge in [-0.25, -0.2) is 0 Å². The van der Waals surface area contributed by atoms with E-state index in [0.29, 0.717) is 17.9 Å². The number of amides is 1. The topological polar surface area (TPSA) is 49.4 Å². The number of piperidine rings is 1. The molecule has 0 bridgehead atoms. The predicted molar refractivity (Wildman–Crippen MR) is 79.9 cm³/mol. The lowest BCUT2D eigenvalue weighted by Crippen LogP contribution is -2.34. The standard InChI is InChI=1S/C16H22N2O2/c1-12(19)14-5-7-15(8-6-14)17-16(20)10-13-4-3-9-18(2)11-13/h5-8,13H,3-4,9-11H2,1-2H3,(H,17,20). The van der Waals surface area contributed by atoms with E-state index in [-0.39, 0.29) is 11.7 Å². The number of hydrogen-bond acceptors (Lipinski definition) is 3. The molecule has 1 fully saturated rings. The molecule has 0 aliphatic carbocycles. The van der Waals surface area contributed by atoms with Crippen LogP contribution in [-0.2, 0) is 4.79 Å². The Hall–Kier alpha value is -1.68. The van der Waals surface area contributed by atoms with E-state index in [1.54, 1.807) is 24.3 Å². The van der Waals surface area contributed by atoms with Crippen LogP contribution in [0.1, 0.15) is 36.5 Å². The van der Waals surface area contributed by atoms with E-state index in [1.165, 1.54) is 13.3 Å². The lowest BCUT2D eigenvalue weighted by Gasteiger charge is -2.29. The SMILES string of the molecule is CC(=O)c1ccc(NC(=O)CC2CCCN(C)C2)cc1. The lowest BCUT2D eigenvalue weighted by atomic mass is 9.95. The molecule has 1 amide bonds. The van der Waals surface area contributed by atoms with Gasteiger partial charge in [0.05, 0.1) is 0 Å². The molecule has 0 saturated carbocycles.